The van der Waals surface area contributed by atoms with E-state index >= 15 is 0 Å². The van der Waals surface area contributed by atoms with Crippen LogP contribution in [0.1, 0.15) is 0 Å². The van der Waals surface area contributed by atoms with E-state index < -0.39 is 0 Å². The largest absolute Gasteiger partial charge is 0.368 e. The Bertz CT molecular complexity index is 617. The van der Waals surface area contributed by atoms with Crippen LogP contribution in [0.3, 0.4) is 0 Å². The molecule has 0 saturated carbocycles. The fourth-order valence-corrected chi connectivity index (χ4v) is 3.41. The molecule has 3 rings (SSSR count). The minimum atomic E-state index is 0.672. The Balaban J connectivity index is 1.72. The highest BCUT2D eigenvalue weighted by Gasteiger charge is 2.19. The second-order valence-corrected chi connectivity index (χ2v) is 6.33. The van der Waals surface area contributed by atoms with Crippen LogP contribution < -0.4 is 9.80 Å². The Morgan fingerprint density at radius 2 is 1.29 bits per heavy atom. The van der Waals surface area contributed by atoms with Gasteiger partial charge in [0.15, 0.2) is 0 Å². The summed E-state index contributed by atoms with van der Waals surface area (Å²) in [6.45, 7) is 3.69. The second-order valence-electron chi connectivity index (χ2n) is 5.05. The summed E-state index contributed by atoms with van der Waals surface area (Å²) in [5.74, 6) is 0. The number of piperazine rings is 1. The van der Waals surface area contributed by atoms with Gasteiger partial charge in [0.1, 0.15) is 0 Å². The van der Waals surface area contributed by atoms with Crippen molar-refractivity contribution < 1.29 is 0 Å². The van der Waals surface area contributed by atoms with Crippen molar-refractivity contribution in [3.8, 4) is 0 Å². The van der Waals surface area contributed by atoms with Gasteiger partial charge in [-0.15, -0.1) is 0 Å². The molecule has 1 aliphatic rings. The second kappa shape index (κ2) is 6.35. The van der Waals surface area contributed by atoms with Crippen LogP contribution >= 0.6 is 34.8 Å². The molecule has 2 aromatic carbocycles. The molecule has 5 heteroatoms. The van der Waals surface area contributed by atoms with Crippen LogP contribution in [0.15, 0.2) is 42.5 Å². The topological polar surface area (TPSA) is 6.48 Å². The molecule has 1 aliphatic heterocycles. The maximum atomic E-state index is 6.26. The molecule has 110 valence electrons. The molecule has 0 unspecified atom stereocenters. The van der Waals surface area contributed by atoms with Crippen molar-refractivity contribution in [3.63, 3.8) is 0 Å². The molecular formula is C16H15Cl3N2. The first kappa shape index (κ1) is 14.8. The summed E-state index contributed by atoms with van der Waals surface area (Å²) in [5, 5.41) is 2.15. The van der Waals surface area contributed by atoms with E-state index in [9.17, 15) is 0 Å². The van der Waals surface area contributed by atoms with Crippen LogP contribution in [0.2, 0.25) is 15.1 Å². The fourth-order valence-electron chi connectivity index (χ4n) is 2.64. The lowest BCUT2D eigenvalue weighted by Crippen LogP contribution is -2.46. The van der Waals surface area contributed by atoms with Gasteiger partial charge in [-0.3, -0.25) is 0 Å². The lowest BCUT2D eigenvalue weighted by Gasteiger charge is -2.37. The van der Waals surface area contributed by atoms with Gasteiger partial charge in [-0.05, 0) is 30.3 Å². The van der Waals surface area contributed by atoms with Gasteiger partial charge in [0, 0.05) is 41.9 Å². The Morgan fingerprint density at radius 1 is 0.714 bits per heavy atom. The van der Waals surface area contributed by atoms with Crippen molar-refractivity contribution in [2.45, 2.75) is 0 Å². The van der Waals surface area contributed by atoms with Crippen molar-refractivity contribution in [1.29, 1.82) is 0 Å². The van der Waals surface area contributed by atoms with Gasteiger partial charge >= 0.3 is 0 Å². The minimum Gasteiger partial charge on any atom is -0.368 e. The number of halogens is 3. The first-order valence-corrected chi connectivity index (χ1v) is 7.97. The SMILES string of the molecule is Clc1cc(Cl)cc(N2CCN(c3ccccc3Cl)CC2)c1. The smallest absolute Gasteiger partial charge is 0.0639 e. The molecule has 0 atom stereocenters. The van der Waals surface area contributed by atoms with Gasteiger partial charge in [-0.25, -0.2) is 0 Å². The Kier molecular flexibility index (Phi) is 4.48. The minimum absolute atomic E-state index is 0.672. The molecular weight excluding hydrogens is 327 g/mol. The molecule has 0 aromatic heterocycles. The van der Waals surface area contributed by atoms with Crippen molar-refractivity contribution >= 4 is 46.2 Å². The zero-order chi connectivity index (χ0) is 14.8. The molecule has 0 N–H and O–H groups in total. The van der Waals surface area contributed by atoms with Crippen LogP contribution in [-0.4, -0.2) is 26.2 Å². The summed E-state index contributed by atoms with van der Waals surface area (Å²) in [6, 6.07) is 13.6. The first-order valence-electron chi connectivity index (χ1n) is 6.84. The lowest BCUT2D eigenvalue weighted by molar-refractivity contribution is 0.653. The number of para-hydroxylation sites is 1. The number of hydrogen-bond acceptors (Lipinski definition) is 2. The van der Waals surface area contributed by atoms with E-state index in [-0.39, 0.29) is 0 Å². The van der Waals surface area contributed by atoms with Crippen LogP contribution in [0.4, 0.5) is 11.4 Å². The molecule has 0 spiro atoms. The maximum Gasteiger partial charge on any atom is 0.0639 e. The van der Waals surface area contributed by atoms with E-state index in [1.165, 1.54) is 0 Å². The third-order valence-corrected chi connectivity index (χ3v) is 4.44. The van der Waals surface area contributed by atoms with E-state index in [1.54, 1.807) is 6.07 Å². The van der Waals surface area contributed by atoms with Gasteiger partial charge in [0.25, 0.3) is 0 Å². The van der Waals surface area contributed by atoms with Crippen molar-refractivity contribution in [3.05, 3.63) is 57.5 Å². The summed E-state index contributed by atoms with van der Waals surface area (Å²) in [4.78, 5) is 4.61. The van der Waals surface area contributed by atoms with Crippen molar-refractivity contribution in [2.24, 2.45) is 0 Å². The Labute approximate surface area is 139 Å². The molecule has 0 aliphatic carbocycles. The average Bonchev–Trinajstić information content (AvgIpc) is 2.47. The predicted molar refractivity (Wildman–Crippen MR) is 92.3 cm³/mol. The quantitative estimate of drug-likeness (QED) is 0.760. The third kappa shape index (κ3) is 3.39. The molecule has 2 nitrogen and oxygen atoms in total. The molecule has 0 amide bonds. The molecule has 2 aromatic rings. The van der Waals surface area contributed by atoms with Crippen LogP contribution in [-0.2, 0) is 0 Å². The summed E-state index contributed by atoms with van der Waals surface area (Å²) < 4.78 is 0. The van der Waals surface area contributed by atoms with Crippen LogP contribution in [0.25, 0.3) is 0 Å². The summed E-state index contributed by atoms with van der Waals surface area (Å²) in [5.41, 5.74) is 2.18. The van der Waals surface area contributed by atoms with Crippen LogP contribution in [0.5, 0.6) is 0 Å². The molecule has 0 bridgehead atoms. The zero-order valence-electron chi connectivity index (χ0n) is 11.4. The Morgan fingerprint density at radius 3 is 1.90 bits per heavy atom. The average molecular weight is 342 g/mol. The van der Waals surface area contributed by atoms with Gasteiger partial charge in [0.05, 0.1) is 10.7 Å². The zero-order valence-corrected chi connectivity index (χ0v) is 13.7. The lowest BCUT2D eigenvalue weighted by atomic mass is 10.2. The van der Waals surface area contributed by atoms with Crippen molar-refractivity contribution in [2.75, 3.05) is 36.0 Å². The van der Waals surface area contributed by atoms with Crippen molar-refractivity contribution in [1.82, 2.24) is 0 Å². The van der Waals surface area contributed by atoms with E-state index in [0.29, 0.717) is 10.0 Å². The van der Waals surface area contributed by atoms with E-state index in [1.807, 2.05) is 30.3 Å². The number of nitrogens with zero attached hydrogens (tertiary/aromatic N) is 2. The monoisotopic (exact) mass is 340 g/mol. The number of hydrogen-bond donors (Lipinski definition) is 0. The summed E-state index contributed by atoms with van der Waals surface area (Å²) >= 11 is 18.4. The van der Waals surface area contributed by atoms with E-state index in [0.717, 1.165) is 42.6 Å². The number of rotatable bonds is 2. The standard InChI is InChI=1S/C16H15Cl3N2/c17-12-9-13(18)11-14(10-12)20-5-7-21(8-6-20)16-4-2-1-3-15(16)19/h1-4,9-11H,5-8H2. The summed E-state index contributed by atoms with van der Waals surface area (Å²) in [7, 11) is 0. The van der Waals surface area contributed by atoms with Crippen LogP contribution in [0, 0.1) is 0 Å². The van der Waals surface area contributed by atoms with Gasteiger partial charge in [-0.1, -0.05) is 46.9 Å². The highest BCUT2D eigenvalue weighted by molar-refractivity contribution is 6.35. The highest BCUT2D eigenvalue weighted by atomic mass is 35.5. The first-order chi connectivity index (χ1) is 10.1. The number of benzene rings is 2. The van der Waals surface area contributed by atoms with Gasteiger partial charge < -0.3 is 9.80 Å². The van der Waals surface area contributed by atoms with Gasteiger partial charge in [0.2, 0.25) is 0 Å². The molecule has 1 heterocycles. The Hall–Kier alpha value is -1.09. The van der Waals surface area contributed by atoms with E-state index in [4.69, 9.17) is 34.8 Å². The predicted octanol–water partition coefficient (Wildman–Crippen LogP) is 4.97. The fraction of sp³-hybridized carbons (Fsp3) is 0.250. The molecule has 1 saturated heterocycles. The third-order valence-electron chi connectivity index (χ3n) is 3.69. The summed E-state index contributed by atoms with van der Waals surface area (Å²) in [6.07, 6.45) is 0. The van der Waals surface area contributed by atoms with E-state index in [2.05, 4.69) is 15.9 Å². The molecule has 0 radical (unpaired) electrons. The van der Waals surface area contributed by atoms with Gasteiger partial charge in [-0.2, -0.15) is 0 Å². The normalized spacial score (nSPS) is 15.4. The highest BCUT2D eigenvalue weighted by Crippen LogP contribution is 2.29. The molecule has 1 fully saturated rings. The molecule has 21 heavy (non-hydrogen) atoms. The maximum absolute atomic E-state index is 6.26. The number of anilines is 2.